The maximum atomic E-state index is 12.0. The summed E-state index contributed by atoms with van der Waals surface area (Å²) in [6.07, 6.45) is 4.10. The number of hydrogen-bond acceptors (Lipinski definition) is 3. The zero-order chi connectivity index (χ0) is 13.9. The number of sulfonamides is 1. The van der Waals surface area contributed by atoms with Gasteiger partial charge in [-0.3, -0.25) is 0 Å². The molecule has 1 aromatic carbocycles. The molecule has 0 atom stereocenters. The number of thiocarbonyl (C=S) groups is 1. The molecule has 3 N–H and O–H groups in total. The highest BCUT2D eigenvalue weighted by atomic mass is 32.2. The van der Waals surface area contributed by atoms with Gasteiger partial charge in [-0.1, -0.05) is 49.3 Å². The van der Waals surface area contributed by atoms with E-state index in [0.717, 1.165) is 36.8 Å². The van der Waals surface area contributed by atoms with Crippen LogP contribution in [0.15, 0.2) is 24.3 Å². The van der Waals surface area contributed by atoms with Crippen LogP contribution in [0.5, 0.6) is 0 Å². The van der Waals surface area contributed by atoms with Crippen molar-refractivity contribution in [2.75, 3.05) is 0 Å². The van der Waals surface area contributed by atoms with Gasteiger partial charge in [-0.25, -0.2) is 13.1 Å². The van der Waals surface area contributed by atoms with Gasteiger partial charge in [0.15, 0.2) is 0 Å². The smallest absolute Gasteiger partial charge is 0.216 e. The minimum absolute atomic E-state index is 0.00110. The van der Waals surface area contributed by atoms with Gasteiger partial charge in [0, 0.05) is 11.6 Å². The van der Waals surface area contributed by atoms with Gasteiger partial charge >= 0.3 is 0 Å². The van der Waals surface area contributed by atoms with Crippen LogP contribution in [0, 0.1) is 0 Å². The van der Waals surface area contributed by atoms with E-state index >= 15 is 0 Å². The van der Waals surface area contributed by atoms with E-state index in [1.54, 1.807) is 24.3 Å². The number of nitrogens with two attached hydrogens (primary N) is 1. The normalized spacial score (nSPS) is 16.6. The summed E-state index contributed by atoms with van der Waals surface area (Å²) in [6, 6.07) is 7.12. The maximum absolute atomic E-state index is 12.0. The largest absolute Gasteiger partial charge is 0.389 e. The molecular formula is C13H18N2O2S2. The highest BCUT2D eigenvalue weighted by Crippen LogP contribution is 2.19. The molecule has 0 spiro atoms. The SMILES string of the molecule is NC(=S)c1ccc(CS(=O)(=O)NC2CCCC2)cc1. The van der Waals surface area contributed by atoms with Crippen LogP contribution in [-0.4, -0.2) is 19.4 Å². The van der Waals surface area contributed by atoms with Crippen LogP contribution in [0.1, 0.15) is 36.8 Å². The van der Waals surface area contributed by atoms with E-state index in [0.29, 0.717) is 4.99 Å². The third-order valence-corrected chi connectivity index (χ3v) is 4.94. The maximum Gasteiger partial charge on any atom is 0.216 e. The Morgan fingerprint density at radius 1 is 1.26 bits per heavy atom. The first-order valence-corrected chi connectivity index (χ1v) is 8.41. The Hall–Kier alpha value is -0.980. The third-order valence-electron chi connectivity index (χ3n) is 3.30. The average molecular weight is 298 g/mol. The molecule has 2 rings (SSSR count). The van der Waals surface area contributed by atoms with E-state index in [1.807, 2.05) is 0 Å². The number of benzene rings is 1. The molecule has 19 heavy (non-hydrogen) atoms. The Labute approximate surface area is 119 Å². The van der Waals surface area contributed by atoms with Crippen molar-refractivity contribution in [3.05, 3.63) is 35.4 Å². The molecule has 1 aliphatic rings. The van der Waals surface area contributed by atoms with Crippen molar-refractivity contribution in [2.45, 2.75) is 37.5 Å². The van der Waals surface area contributed by atoms with Crippen LogP contribution < -0.4 is 10.5 Å². The summed E-state index contributed by atoms with van der Waals surface area (Å²) < 4.78 is 26.8. The number of nitrogens with one attached hydrogen (secondary N) is 1. The second-order valence-electron chi connectivity index (χ2n) is 4.92. The minimum Gasteiger partial charge on any atom is -0.389 e. The molecule has 0 radical (unpaired) electrons. The van der Waals surface area contributed by atoms with Gasteiger partial charge in [0.2, 0.25) is 10.0 Å². The molecule has 1 fully saturated rings. The molecule has 1 saturated carbocycles. The first kappa shape index (κ1) is 14.4. The molecular weight excluding hydrogens is 280 g/mol. The summed E-state index contributed by atoms with van der Waals surface area (Å²) in [5.41, 5.74) is 6.99. The Kier molecular flexibility index (Phi) is 4.54. The van der Waals surface area contributed by atoms with Gasteiger partial charge in [0.05, 0.1) is 5.75 Å². The Bertz CT molecular complexity index is 547. The molecule has 0 amide bonds. The molecule has 0 aromatic heterocycles. The van der Waals surface area contributed by atoms with E-state index in [1.165, 1.54) is 0 Å². The molecule has 6 heteroatoms. The molecule has 0 heterocycles. The second-order valence-corrected chi connectivity index (χ2v) is 7.11. The van der Waals surface area contributed by atoms with E-state index in [9.17, 15) is 8.42 Å². The van der Waals surface area contributed by atoms with Crippen molar-refractivity contribution in [3.8, 4) is 0 Å². The highest BCUT2D eigenvalue weighted by molar-refractivity contribution is 7.88. The van der Waals surface area contributed by atoms with Crippen molar-refractivity contribution >= 4 is 27.2 Å². The van der Waals surface area contributed by atoms with Crippen LogP contribution in [0.3, 0.4) is 0 Å². The summed E-state index contributed by atoms with van der Waals surface area (Å²) >= 11 is 4.86. The molecule has 104 valence electrons. The zero-order valence-electron chi connectivity index (χ0n) is 10.6. The predicted molar refractivity (Wildman–Crippen MR) is 80.3 cm³/mol. The molecule has 0 saturated heterocycles. The zero-order valence-corrected chi connectivity index (χ0v) is 12.3. The predicted octanol–water partition coefficient (Wildman–Crippen LogP) is 1.68. The summed E-state index contributed by atoms with van der Waals surface area (Å²) in [6.45, 7) is 0. The van der Waals surface area contributed by atoms with E-state index < -0.39 is 10.0 Å². The first-order chi connectivity index (χ1) is 8.96. The van der Waals surface area contributed by atoms with Crippen LogP contribution >= 0.6 is 12.2 Å². The topological polar surface area (TPSA) is 72.2 Å². The van der Waals surface area contributed by atoms with Crippen molar-refractivity contribution in [1.82, 2.24) is 4.72 Å². The van der Waals surface area contributed by atoms with Crippen molar-refractivity contribution in [1.29, 1.82) is 0 Å². The van der Waals surface area contributed by atoms with Crippen LogP contribution in [0.25, 0.3) is 0 Å². The molecule has 0 aliphatic heterocycles. The van der Waals surface area contributed by atoms with E-state index in [-0.39, 0.29) is 11.8 Å². The summed E-state index contributed by atoms with van der Waals surface area (Å²) in [5.74, 6) is 0.00110. The summed E-state index contributed by atoms with van der Waals surface area (Å²) in [4.78, 5) is 0.318. The van der Waals surface area contributed by atoms with Crippen molar-refractivity contribution in [3.63, 3.8) is 0 Å². The lowest BCUT2D eigenvalue weighted by atomic mass is 10.1. The monoisotopic (exact) mass is 298 g/mol. The fourth-order valence-electron chi connectivity index (χ4n) is 2.32. The lowest BCUT2D eigenvalue weighted by Gasteiger charge is -2.12. The van der Waals surface area contributed by atoms with Crippen molar-refractivity contribution < 1.29 is 8.42 Å². The lowest BCUT2D eigenvalue weighted by molar-refractivity contribution is 0.551. The Morgan fingerprint density at radius 2 is 1.84 bits per heavy atom. The van der Waals surface area contributed by atoms with Crippen molar-refractivity contribution in [2.24, 2.45) is 5.73 Å². The molecule has 1 aromatic rings. The minimum atomic E-state index is -3.27. The van der Waals surface area contributed by atoms with Crippen LogP contribution in [0.4, 0.5) is 0 Å². The first-order valence-electron chi connectivity index (χ1n) is 6.35. The Morgan fingerprint density at radius 3 is 2.37 bits per heavy atom. The fourth-order valence-corrected chi connectivity index (χ4v) is 3.92. The standard InChI is InChI=1S/C13H18N2O2S2/c14-13(18)11-7-5-10(6-8-11)9-19(16,17)15-12-3-1-2-4-12/h5-8,12,15H,1-4,9H2,(H2,14,18). The van der Waals surface area contributed by atoms with Gasteiger partial charge in [-0.15, -0.1) is 0 Å². The average Bonchev–Trinajstić information content (AvgIpc) is 2.81. The fraction of sp³-hybridized carbons (Fsp3) is 0.462. The number of hydrogen-bond donors (Lipinski definition) is 2. The summed E-state index contributed by atoms with van der Waals surface area (Å²) in [7, 11) is -3.27. The lowest BCUT2D eigenvalue weighted by Crippen LogP contribution is -2.33. The Balaban J connectivity index is 2.00. The summed E-state index contributed by atoms with van der Waals surface area (Å²) in [5, 5.41) is 0. The second kappa shape index (κ2) is 5.98. The highest BCUT2D eigenvalue weighted by Gasteiger charge is 2.21. The molecule has 0 bridgehead atoms. The van der Waals surface area contributed by atoms with Gasteiger partial charge < -0.3 is 5.73 Å². The van der Waals surface area contributed by atoms with Gasteiger partial charge in [-0.2, -0.15) is 0 Å². The van der Waals surface area contributed by atoms with Crippen LogP contribution in [0.2, 0.25) is 0 Å². The van der Waals surface area contributed by atoms with Gasteiger partial charge in [0.25, 0.3) is 0 Å². The third kappa shape index (κ3) is 4.26. The van der Waals surface area contributed by atoms with Crippen LogP contribution in [-0.2, 0) is 15.8 Å². The van der Waals surface area contributed by atoms with E-state index in [4.69, 9.17) is 18.0 Å². The number of rotatable bonds is 5. The van der Waals surface area contributed by atoms with Gasteiger partial charge in [-0.05, 0) is 18.4 Å². The van der Waals surface area contributed by atoms with Gasteiger partial charge in [0.1, 0.15) is 4.99 Å². The molecule has 1 aliphatic carbocycles. The molecule has 4 nitrogen and oxygen atoms in total. The van der Waals surface area contributed by atoms with E-state index in [2.05, 4.69) is 4.72 Å². The molecule has 0 unspecified atom stereocenters. The quantitative estimate of drug-likeness (QED) is 0.811.